The van der Waals surface area contributed by atoms with Crippen molar-refractivity contribution in [3.63, 3.8) is 0 Å². The number of nitrogens with one attached hydrogen (secondary N) is 1. The van der Waals surface area contributed by atoms with E-state index >= 15 is 0 Å². The molecule has 24 heavy (non-hydrogen) atoms. The van der Waals surface area contributed by atoms with E-state index in [1.807, 2.05) is 13.1 Å². The van der Waals surface area contributed by atoms with Gasteiger partial charge in [0.15, 0.2) is 5.96 Å². The molecule has 4 atom stereocenters. The van der Waals surface area contributed by atoms with Crippen LogP contribution in [0.5, 0.6) is 0 Å². The van der Waals surface area contributed by atoms with Crippen molar-refractivity contribution < 1.29 is 9.13 Å². The van der Waals surface area contributed by atoms with E-state index in [4.69, 9.17) is 4.74 Å². The lowest BCUT2D eigenvalue weighted by Crippen LogP contribution is -2.41. The molecule has 4 unspecified atom stereocenters. The second kappa shape index (κ2) is 7.45. The van der Waals surface area contributed by atoms with Crippen LogP contribution in [0, 0.1) is 17.7 Å². The lowest BCUT2D eigenvalue weighted by atomic mass is 9.82. The monoisotopic (exact) mass is 509 g/mol. The van der Waals surface area contributed by atoms with Gasteiger partial charge in [0.1, 0.15) is 5.82 Å². The molecular weight excluding hydrogens is 488 g/mol. The first-order valence-corrected chi connectivity index (χ1v) is 8.99. The number of likely N-dealkylation sites (tertiary alicyclic amines) is 1. The zero-order valence-electron chi connectivity index (χ0n) is 13.5. The first-order chi connectivity index (χ1) is 11.1. The van der Waals surface area contributed by atoms with Crippen molar-refractivity contribution in [3.05, 3.63) is 34.1 Å². The van der Waals surface area contributed by atoms with Crippen LogP contribution in [0.2, 0.25) is 0 Å². The molecule has 4 rings (SSSR count). The summed E-state index contributed by atoms with van der Waals surface area (Å²) in [6.07, 6.45) is 3.33. The number of benzene rings is 1. The van der Waals surface area contributed by atoms with E-state index in [0.717, 1.165) is 29.1 Å². The minimum absolute atomic E-state index is 0. The molecule has 0 aromatic heterocycles. The number of nitrogens with zero attached hydrogens (tertiary/aromatic N) is 2. The van der Waals surface area contributed by atoms with Gasteiger partial charge in [-0.3, -0.25) is 4.99 Å². The minimum atomic E-state index is -0.226. The molecule has 132 valence electrons. The molecule has 3 aliphatic rings. The maximum atomic E-state index is 13.5. The van der Waals surface area contributed by atoms with E-state index in [-0.39, 0.29) is 29.8 Å². The fourth-order valence-electron chi connectivity index (χ4n) is 4.36. The lowest BCUT2D eigenvalue weighted by Gasteiger charge is -2.23. The van der Waals surface area contributed by atoms with Crippen molar-refractivity contribution in [1.82, 2.24) is 10.2 Å². The molecule has 0 amide bonds. The van der Waals surface area contributed by atoms with Crippen LogP contribution in [0.3, 0.4) is 0 Å². The Balaban J connectivity index is 0.00000169. The Morgan fingerprint density at radius 2 is 1.96 bits per heavy atom. The van der Waals surface area contributed by atoms with E-state index in [0.29, 0.717) is 30.6 Å². The Hall–Kier alpha value is -0.410. The first kappa shape index (κ1) is 18.4. The zero-order chi connectivity index (χ0) is 16.0. The van der Waals surface area contributed by atoms with Gasteiger partial charge < -0.3 is 15.0 Å². The predicted octanol–water partition coefficient (Wildman–Crippen LogP) is 3.39. The number of rotatable bonds is 2. The maximum absolute atomic E-state index is 13.5. The molecule has 7 heteroatoms. The van der Waals surface area contributed by atoms with Crippen LogP contribution in [0.25, 0.3) is 0 Å². The van der Waals surface area contributed by atoms with E-state index in [1.54, 1.807) is 6.07 Å². The van der Waals surface area contributed by atoms with Gasteiger partial charge in [-0.25, -0.2) is 4.39 Å². The molecule has 0 radical (unpaired) electrons. The normalized spacial score (nSPS) is 31.1. The molecule has 2 bridgehead atoms. The fraction of sp³-hybridized carbons (Fsp3) is 0.588. The van der Waals surface area contributed by atoms with Crippen molar-refractivity contribution in [2.24, 2.45) is 16.8 Å². The van der Waals surface area contributed by atoms with Gasteiger partial charge in [-0.05, 0) is 36.6 Å². The Bertz CT molecular complexity index is 606. The highest BCUT2D eigenvalue weighted by Crippen LogP contribution is 2.47. The number of aliphatic imine (C=N–C) groups is 1. The van der Waals surface area contributed by atoms with Crippen LogP contribution >= 0.6 is 39.9 Å². The Morgan fingerprint density at radius 1 is 1.29 bits per heavy atom. The Kier molecular flexibility index (Phi) is 5.71. The molecule has 3 fully saturated rings. The number of ether oxygens (including phenoxy) is 1. The van der Waals surface area contributed by atoms with Crippen LogP contribution in [0.4, 0.5) is 4.39 Å². The summed E-state index contributed by atoms with van der Waals surface area (Å²) in [5, 5.41) is 3.37. The Labute approximate surface area is 167 Å². The van der Waals surface area contributed by atoms with Crippen molar-refractivity contribution in [2.75, 3.05) is 20.1 Å². The third kappa shape index (κ3) is 3.44. The fourth-order valence-corrected chi connectivity index (χ4v) is 4.87. The standard InChI is InChI=1S/C17H21BrFN3O.HI/c1-20-17(21-7-10-4-11(18)6-12(19)5-10)22-8-13-14(9-22)16-3-2-15(13)23-16;/h4-6,13-16H,2-3,7-9H2,1H3,(H,20,21);1H. The largest absolute Gasteiger partial charge is 0.374 e. The van der Waals surface area contributed by atoms with Crippen molar-refractivity contribution in [3.8, 4) is 0 Å². The van der Waals surface area contributed by atoms with E-state index in [1.165, 1.54) is 18.9 Å². The summed E-state index contributed by atoms with van der Waals surface area (Å²) in [7, 11) is 1.81. The molecule has 0 aliphatic carbocycles. The molecule has 4 nitrogen and oxygen atoms in total. The molecule has 1 aromatic carbocycles. The van der Waals surface area contributed by atoms with Gasteiger partial charge in [-0.1, -0.05) is 15.9 Å². The summed E-state index contributed by atoms with van der Waals surface area (Å²) in [6.45, 7) is 2.59. The van der Waals surface area contributed by atoms with Crippen LogP contribution in [0.15, 0.2) is 27.7 Å². The molecule has 1 N–H and O–H groups in total. The zero-order valence-corrected chi connectivity index (χ0v) is 17.5. The van der Waals surface area contributed by atoms with Crippen molar-refractivity contribution >= 4 is 45.9 Å². The molecule has 0 saturated carbocycles. The topological polar surface area (TPSA) is 36.9 Å². The van der Waals surface area contributed by atoms with Crippen LogP contribution in [-0.4, -0.2) is 43.2 Å². The molecule has 1 aromatic rings. The summed E-state index contributed by atoms with van der Waals surface area (Å²) in [4.78, 5) is 6.74. The summed E-state index contributed by atoms with van der Waals surface area (Å²) < 4.78 is 20.3. The third-order valence-corrected chi connectivity index (χ3v) is 5.79. The van der Waals surface area contributed by atoms with Crippen molar-refractivity contribution in [2.45, 2.75) is 31.6 Å². The molecule has 0 spiro atoms. The number of hydrogen-bond donors (Lipinski definition) is 1. The third-order valence-electron chi connectivity index (χ3n) is 5.34. The van der Waals surface area contributed by atoms with Gasteiger partial charge in [0, 0.05) is 43.0 Å². The van der Waals surface area contributed by atoms with Crippen molar-refractivity contribution in [1.29, 1.82) is 0 Å². The second-order valence-corrected chi connectivity index (χ2v) is 7.62. The van der Waals surface area contributed by atoms with Gasteiger partial charge >= 0.3 is 0 Å². The predicted molar refractivity (Wildman–Crippen MR) is 106 cm³/mol. The average molecular weight is 510 g/mol. The second-order valence-electron chi connectivity index (χ2n) is 6.70. The van der Waals surface area contributed by atoms with Gasteiger partial charge in [-0.2, -0.15) is 0 Å². The molecule has 3 aliphatic heterocycles. The van der Waals surface area contributed by atoms with Gasteiger partial charge in [0.2, 0.25) is 0 Å². The summed E-state index contributed by atoms with van der Waals surface area (Å²) in [5.74, 6) is 1.97. The highest BCUT2D eigenvalue weighted by molar-refractivity contribution is 14.0. The van der Waals surface area contributed by atoms with E-state index < -0.39 is 0 Å². The molecule has 3 heterocycles. The van der Waals surface area contributed by atoms with Gasteiger partial charge in [0.05, 0.1) is 12.2 Å². The Morgan fingerprint density at radius 3 is 2.54 bits per heavy atom. The highest BCUT2D eigenvalue weighted by Gasteiger charge is 2.53. The molecule has 3 saturated heterocycles. The maximum Gasteiger partial charge on any atom is 0.193 e. The van der Waals surface area contributed by atoms with E-state index in [2.05, 4.69) is 31.1 Å². The quantitative estimate of drug-likeness (QED) is 0.377. The average Bonchev–Trinajstić information content (AvgIpc) is 3.19. The summed E-state index contributed by atoms with van der Waals surface area (Å²) in [5.41, 5.74) is 0.904. The number of fused-ring (bicyclic) bond motifs is 5. The van der Waals surface area contributed by atoms with Gasteiger partial charge in [0.25, 0.3) is 0 Å². The highest BCUT2D eigenvalue weighted by atomic mass is 127. The summed E-state index contributed by atoms with van der Waals surface area (Å²) in [6, 6.07) is 4.95. The van der Waals surface area contributed by atoms with Crippen LogP contribution < -0.4 is 5.32 Å². The molecular formula is C17H22BrFIN3O. The van der Waals surface area contributed by atoms with Crippen LogP contribution in [-0.2, 0) is 11.3 Å². The first-order valence-electron chi connectivity index (χ1n) is 8.20. The smallest absolute Gasteiger partial charge is 0.193 e. The lowest BCUT2D eigenvalue weighted by molar-refractivity contribution is 0.0767. The van der Waals surface area contributed by atoms with E-state index in [9.17, 15) is 4.39 Å². The van der Waals surface area contributed by atoms with Gasteiger partial charge in [-0.15, -0.1) is 24.0 Å². The van der Waals surface area contributed by atoms with Crippen LogP contribution in [0.1, 0.15) is 18.4 Å². The number of halogens is 3. The number of hydrogen-bond acceptors (Lipinski definition) is 2. The minimum Gasteiger partial charge on any atom is -0.374 e. The SMILES string of the molecule is CN=C(NCc1cc(F)cc(Br)c1)N1CC2C3CCC(O3)C2C1.I. The summed E-state index contributed by atoms with van der Waals surface area (Å²) >= 11 is 3.33. The number of guanidine groups is 1.